The van der Waals surface area contributed by atoms with Crippen LogP contribution in [0.4, 0.5) is 0 Å². The van der Waals surface area contributed by atoms with E-state index in [4.69, 9.17) is 0 Å². The first kappa shape index (κ1) is 5.29. The number of allylic oxidation sites excluding steroid dienone is 1. The zero-order chi connectivity index (χ0) is 6.97. The van der Waals surface area contributed by atoms with Crippen LogP contribution in [0.2, 0.25) is 0 Å². The van der Waals surface area contributed by atoms with Gasteiger partial charge in [-0.1, -0.05) is 0 Å². The molecule has 1 aromatic heterocycles. The summed E-state index contributed by atoms with van der Waals surface area (Å²) in [4.78, 5) is 18.5. The van der Waals surface area contributed by atoms with Gasteiger partial charge in [0.25, 0.3) is 0 Å². The molecule has 0 atom stereocenters. The zero-order valence-corrected chi connectivity index (χ0v) is 5.11. The van der Waals surface area contributed by atoms with E-state index in [2.05, 4.69) is 9.97 Å². The summed E-state index contributed by atoms with van der Waals surface area (Å²) in [6.45, 7) is 0. The second-order valence-electron chi connectivity index (χ2n) is 2.02. The summed E-state index contributed by atoms with van der Waals surface area (Å²) in [5.41, 5.74) is 1.32. The fraction of sp³-hybridized carbons (Fsp3) is 0. The molecule has 0 aliphatic heterocycles. The standard InChI is InChI=1S/C7H4N2O/c10-6-2-1-5-3-8-4-9-7(5)6/h1-4H. The summed E-state index contributed by atoms with van der Waals surface area (Å²) < 4.78 is 0. The summed E-state index contributed by atoms with van der Waals surface area (Å²) in [7, 11) is 0. The van der Waals surface area contributed by atoms with Crippen LogP contribution in [0.1, 0.15) is 16.1 Å². The number of carbonyl (C=O) groups is 1. The molecule has 0 spiro atoms. The predicted molar refractivity (Wildman–Crippen MR) is 35.4 cm³/mol. The minimum Gasteiger partial charge on any atom is -0.288 e. The molecule has 1 aromatic rings. The van der Waals surface area contributed by atoms with Crippen LogP contribution in [-0.2, 0) is 0 Å². The van der Waals surface area contributed by atoms with Crippen LogP contribution in [0.5, 0.6) is 0 Å². The maximum absolute atomic E-state index is 10.9. The maximum atomic E-state index is 10.9. The van der Waals surface area contributed by atoms with Gasteiger partial charge in [0.1, 0.15) is 12.0 Å². The molecule has 3 heteroatoms. The van der Waals surface area contributed by atoms with Gasteiger partial charge >= 0.3 is 0 Å². The third-order valence-electron chi connectivity index (χ3n) is 1.39. The summed E-state index contributed by atoms with van der Waals surface area (Å²) in [5.74, 6) is -0.0302. The SMILES string of the molecule is O=C1C=Cc2cncnc21. The number of nitrogens with zero attached hydrogens (tertiary/aromatic N) is 2. The van der Waals surface area contributed by atoms with Crippen molar-refractivity contribution < 1.29 is 4.79 Å². The van der Waals surface area contributed by atoms with E-state index in [0.29, 0.717) is 5.69 Å². The number of ketones is 1. The molecule has 0 bridgehead atoms. The summed E-state index contributed by atoms with van der Waals surface area (Å²) in [6, 6.07) is 0. The lowest BCUT2D eigenvalue weighted by Crippen LogP contribution is -1.95. The highest BCUT2D eigenvalue weighted by Gasteiger charge is 2.13. The Morgan fingerprint density at radius 3 is 3.00 bits per heavy atom. The van der Waals surface area contributed by atoms with Gasteiger partial charge in [0, 0.05) is 11.8 Å². The van der Waals surface area contributed by atoms with Gasteiger partial charge in [-0.05, 0) is 12.2 Å². The third-order valence-corrected chi connectivity index (χ3v) is 1.39. The lowest BCUT2D eigenvalue weighted by molar-refractivity contribution is 0.104. The van der Waals surface area contributed by atoms with Crippen molar-refractivity contribution in [1.82, 2.24) is 9.97 Å². The van der Waals surface area contributed by atoms with Gasteiger partial charge in [0.15, 0.2) is 0 Å². The Bertz CT molecular complexity index is 317. The first-order chi connectivity index (χ1) is 4.88. The average molecular weight is 132 g/mol. The molecule has 1 heterocycles. The van der Waals surface area contributed by atoms with Gasteiger partial charge in [-0.25, -0.2) is 9.97 Å². The Kier molecular flexibility index (Phi) is 0.917. The molecule has 3 nitrogen and oxygen atoms in total. The van der Waals surface area contributed by atoms with E-state index in [-0.39, 0.29) is 5.78 Å². The number of rotatable bonds is 0. The second-order valence-corrected chi connectivity index (χ2v) is 2.02. The van der Waals surface area contributed by atoms with Crippen molar-refractivity contribution in [1.29, 1.82) is 0 Å². The topological polar surface area (TPSA) is 42.9 Å². The predicted octanol–water partition coefficient (Wildman–Crippen LogP) is 0.686. The van der Waals surface area contributed by atoms with Gasteiger partial charge in [-0.3, -0.25) is 4.79 Å². The lowest BCUT2D eigenvalue weighted by Gasteiger charge is -1.90. The van der Waals surface area contributed by atoms with Crippen LogP contribution in [0.3, 0.4) is 0 Å². The largest absolute Gasteiger partial charge is 0.288 e. The van der Waals surface area contributed by atoms with Crippen LogP contribution in [0.25, 0.3) is 6.08 Å². The molecular formula is C7H4N2O. The molecule has 0 amide bonds. The Morgan fingerprint density at radius 1 is 1.30 bits per heavy atom. The van der Waals surface area contributed by atoms with Crippen molar-refractivity contribution in [3.63, 3.8) is 0 Å². The lowest BCUT2D eigenvalue weighted by atomic mass is 10.3. The van der Waals surface area contributed by atoms with E-state index in [1.165, 1.54) is 12.4 Å². The zero-order valence-electron chi connectivity index (χ0n) is 5.11. The molecule has 0 saturated carbocycles. The highest BCUT2D eigenvalue weighted by Crippen LogP contribution is 2.13. The minimum absolute atomic E-state index is 0.0302. The van der Waals surface area contributed by atoms with Crippen LogP contribution < -0.4 is 0 Å². The summed E-state index contributed by atoms with van der Waals surface area (Å²) >= 11 is 0. The van der Waals surface area contributed by atoms with Gasteiger partial charge in [0.2, 0.25) is 5.78 Å². The molecule has 0 radical (unpaired) electrons. The summed E-state index contributed by atoms with van der Waals surface area (Å²) in [5, 5.41) is 0. The third kappa shape index (κ3) is 0.572. The number of fused-ring (bicyclic) bond motifs is 1. The van der Waals surface area contributed by atoms with E-state index in [1.807, 2.05) is 0 Å². The highest BCUT2D eigenvalue weighted by molar-refractivity contribution is 6.12. The molecule has 0 saturated heterocycles. The van der Waals surface area contributed by atoms with Gasteiger partial charge in [0.05, 0.1) is 0 Å². The molecule has 10 heavy (non-hydrogen) atoms. The molecule has 0 unspecified atom stereocenters. The van der Waals surface area contributed by atoms with Crippen molar-refractivity contribution in [2.45, 2.75) is 0 Å². The monoisotopic (exact) mass is 132 g/mol. The smallest absolute Gasteiger partial charge is 0.204 e. The minimum atomic E-state index is -0.0302. The number of hydrogen-bond donors (Lipinski definition) is 0. The molecule has 0 aromatic carbocycles. The molecule has 1 aliphatic rings. The Labute approximate surface area is 57.4 Å². The van der Waals surface area contributed by atoms with E-state index in [9.17, 15) is 4.79 Å². The van der Waals surface area contributed by atoms with Crippen molar-refractivity contribution >= 4 is 11.9 Å². The van der Waals surface area contributed by atoms with E-state index < -0.39 is 0 Å². The van der Waals surface area contributed by atoms with Crippen LogP contribution in [0, 0.1) is 0 Å². The molecule has 48 valence electrons. The average Bonchev–Trinajstić information content (AvgIpc) is 2.34. The molecular weight excluding hydrogens is 128 g/mol. The Balaban J connectivity index is 2.70. The summed E-state index contributed by atoms with van der Waals surface area (Å²) in [6.07, 6.45) is 6.23. The highest BCUT2D eigenvalue weighted by atomic mass is 16.1. The second kappa shape index (κ2) is 1.73. The van der Waals surface area contributed by atoms with Crippen LogP contribution in [-0.4, -0.2) is 15.8 Å². The molecule has 1 aliphatic carbocycles. The Hall–Kier alpha value is -1.51. The number of aromatic nitrogens is 2. The van der Waals surface area contributed by atoms with E-state index in [0.717, 1.165) is 5.56 Å². The molecule has 2 rings (SSSR count). The molecule has 0 fully saturated rings. The Morgan fingerprint density at radius 2 is 2.20 bits per heavy atom. The fourth-order valence-electron chi connectivity index (χ4n) is 0.913. The number of hydrogen-bond acceptors (Lipinski definition) is 3. The van der Waals surface area contributed by atoms with E-state index >= 15 is 0 Å². The van der Waals surface area contributed by atoms with Gasteiger partial charge in [-0.2, -0.15) is 0 Å². The first-order valence-electron chi connectivity index (χ1n) is 2.90. The van der Waals surface area contributed by atoms with Gasteiger partial charge < -0.3 is 0 Å². The van der Waals surface area contributed by atoms with Crippen LogP contribution >= 0.6 is 0 Å². The van der Waals surface area contributed by atoms with E-state index in [1.54, 1.807) is 12.3 Å². The fourth-order valence-corrected chi connectivity index (χ4v) is 0.913. The maximum Gasteiger partial charge on any atom is 0.204 e. The molecule has 0 N–H and O–H groups in total. The van der Waals surface area contributed by atoms with Crippen molar-refractivity contribution in [3.8, 4) is 0 Å². The normalized spacial score (nSPS) is 13.8. The first-order valence-corrected chi connectivity index (χ1v) is 2.90. The van der Waals surface area contributed by atoms with Crippen molar-refractivity contribution in [2.75, 3.05) is 0 Å². The van der Waals surface area contributed by atoms with Crippen molar-refractivity contribution in [2.24, 2.45) is 0 Å². The van der Waals surface area contributed by atoms with Crippen LogP contribution in [0.15, 0.2) is 18.6 Å². The number of carbonyl (C=O) groups excluding carboxylic acids is 1. The van der Waals surface area contributed by atoms with Crippen molar-refractivity contribution in [3.05, 3.63) is 29.9 Å². The van der Waals surface area contributed by atoms with Gasteiger partial charge in [-0.15, -0.1) is 0 Å². The quantitative estimate of drug-likeness (QED) is 0.521.